The molecular formula is C26H32F5N3O3. The van der Waals surface area contributed by atoms with Gasteiger partial charge in [-0.1, -0.05) is 20.8 Å². The average molecular weight is 530 g/mol. The first kappa shape index (κ1) is 27.3. The standard InChI is InChI=1S/C26H32F5N3O3/c1-24(2,3)21-11-22(34(33(21)4)14-18-6-5-9-36-18)32-23(35)19-10-17(26(29,30)31)7-8-20(19)37-15-16-12-25(27,28)13-16/h7-8,10-11,16,18H,5-6,9,12-15H2,1-4H3/b32-22+/t18-/m1/s1. The van der Waals surface area contributed by atoms with E-state index in [1.165, 1.54) is 0 Å². The van der Waals surface area contributed by atoms with Gasteiger partial charge in [-0.25, -0.2) is 8.78 Å². The number of aromatic nitrogens is 2. The van der Waals surface area contributed by atoms with E-state index in [2.05, 4.69) is 4.99 Å². The first-order valence-electron chi connectivity index (χ1n) is 12.3. The Hall–Kier alpha value is -2.69. The fourth-order valence-corrected chi connectivity index (χ4v) is 4.84. The Morgan fingerprint density at radius 1 is 1.19 bits per heavy atom. The van der Waals surface area contributed by atoms with Crippen molar-refractivity contribution in [2.45, 2.75) is 76.6 Å². The van der Waals surface area contributed by atoms with Crippen LogP contribution in [0.1, 0.15) is 68.1 Å². The van der Waals surface area contributed by atoms with Gasteiger partial charge in [-0.05, 0) is 31.0 Å². The number of carbonyl (C=O) groups is 1. The smallest absolute Gasteiger partial charge is 0.416 e. The highest BCUT2D eigenvalue weighted by Gasteiger charge is 2.45. The highest BCUT2D eigenvalue weighted by molar-refractivity contribution is 5.97. The van der Waals surface area contributed by atoms with Crippen molar-refractivity contribution in [3.63, 3.8) is 0 Å². The Balaban J connectivity index is 1.71. The molecule has 0 spiro atoms. The average Bonchev–Trinajstić information content (AvgIpc) is 3.39. The second kappa shape index (κ2) is 9.89. The Morgan fingerprint density at radius 2 is 1.89 bits per heavy atom. The largest absolute Gasteiger partial charge is 0.492 e. The van der Waals surface area contributed by atoms with Crippen molar-refractivity contribution in [2.75, 3.05) is 13.2 Å². The van der Waals surface area contributed by atoms with Gasteiger partial charge in [0.25, 0.3) is 5.91 Å². The fraction of sp³-hybridized carbons (Fsp3) is 0.615. The van der Waals surface area contributed by atoms with Crippen LogP contribution in [0.5, 0.6) is 5.75 Å². The number of amides is 1. The Kier molecular flexibility index (Phi) is 7.31. The van der Waals surface area contributed by atoms with Crippen LogP contribution in [0.3, 0.4) is 0 Å². The number of benzene rings is 1. The van der Waals surface area contributed by atoms with Crippen molar-refractivity contribution >= 4 is 5.91 Å². The molecule has 6 nitrogen and oxygen atoms in total. The third-order valence-corrected chi connectivity index (χ3v) is 6.81. The van der Waals surface area contributed by atoms with Crippen molar-refractivity contribution in [1.82, 2.24) is 9.36 Å². The number of halogens is 5. The molecule has 0 bridgehead atoms. The van der Waals surface area contributed by atoms with E-state index < -0.39 is 29.5 Å². The molecule has 11 heteroatoms. The first-order chi connectivity index (χ1) is 17.1. The molecule has 1 aliphatic heterocycles. The van der Waals surface area contributed by atoms with Gasteiger partial charge < -0.3 is 9.47 Å². The van der Waals surface area contributed by atoms with Gasteiger partial charge in [-0.15, -0.1) is 0 Å². The van der Waals surface area contributed by atoms with E-state index in [-0.39, 0.29) is 47.8 Å². The van der Waals surface area contributed by atoms with E-state index in [9.17, 15) is 26.7 Å². The molecule has 2 fully saturated rings. The van der Waals surface area contributed by atoms with Crippen molar-refractivity contribution in [1.29, 1.82) is 0 Å². The molecule has 1 saturated heterocycles. The van der Waals surface area contributed by atoms with Gasteiger partial charge in [0, 0.05) is 49.6 Å². The lowest BCUT2D eigenvalue weighted by Crippen LogP contribution is -2.38. The zero-order valence-electron chi connectivity index (χ0n) is 21.4. The van der Waals surface area contributed by atoms with E-state index in [1.54, 1.807) is 10.7 Å². The number of rotatable bonds is 6. The summed E-state index contributed by atoms with van der Waals surface area (Å²) in [6.07, 6.45) is -3.69. The minimum atomic E-state index is -4.69. The molecule has 2 aromatic rings. The Labute approximate surface area is 212 Å². The summed E-state index contributed by atoms with van der Waals surface area (Å²) in [5, 5.41) is 0. The molecule has 0 unspecified atom stereocenters. The minimum Gasteiger partial charge on any atom is -0.492 e. The molecule has 0 N–H and O–H groups in total. The molecule has 4 rings (SSSR count). The molecule has 1 aromatic heterocycles. The molecule has 2 aliphatic rings. The maximum absolute atomic E-state index is 13.4. The lowest BCUT2D eigenvalue weighted by Gasteiger charge is -2.34. The summed E-state index contributed by atoms with van der Waals surface area (Å²) in [5.41, 5.74) is -0.521. The van der Waals surface area contributed by atoms with Crippen molar-refractivity contribution in [3.05, 3.63) is 46.6 Å². The zero-order valence-corrected chi connectivity index (χ0v) is 21.4. The van der Waals surface area contributed by atoms with Gasteiger partial charge in [0.2, 0.25) is 5.92 Å². The van der Waals surface area contributed by atoms with Crippen LogP contribution in [0, 0.1) is 5.92 Å². The van der Waals surface area contributed by atoms with Crippen LogP contribution >= 0.6 is 0 Å². The van der Waals surface area contributed by atoms with E-state index in [0.29, 0.717) is 19.2 Å². The number of alkyl halides is 5. The monoisotopic (exact) mass is 529 g/mol. The molecule has 1 atom stereocenters. The minimum absolute atomic E-state index is 0.0662. The van der Waals surface area contributed by atoms with Crippen LogP contribution in [0.25, 0.3) is 0 Å². The normalized spacial score (nSPS) is 20.8. The van der Waals surface area contributed by atoms with Crippen LogP contribution in [-0.4, -0.2) is 40.5 Å². The Bertz CT molecular complexity index is 1210. The van der Waals surface area contributed by atoms with Crippen LogP contribution in [0.2, 0.25) is 0 Å². The van der Waals surface area contributed by atoms with E-state index in [4.69, 9.17) is 9.47 Å². The molecule has 204 valence electrons. The lowest BCUT2D eigenvalue weighted by molar-refractivity contribution is -0.137. The van der Waals surface area contributed by atoms with Crippen molar-refractivity contribution < 1.29 is 36.2 Å². The number of carbonyl (C=O) groups excluding carboxylic acids is 1. The number of ether oxygens (including phenoxy) is 2. The van der Waals surface area contributed by atoms with Gasteiger partial charge in [0.1, 0.15) is 5.75 Å². The predicted molar refractivity (Wildman–Crippen MR) is 126 cm³/mol. The quantitative estimate of drug-likeness (QED) is 0.466. The fourth-order valence-electron chi connectivity index (χ4n) is 4.84. The van der Waals surface area contributed by atoms with Gasteiger partial charge in [-0.3, -0.25) is 14.2 Å². The van der Waals surface area contributed by atoms with Crippen LogP contribution in [0.15, 0.2) is 29.3 Å². The van der Waals surface area contributed by atoms with Crippen LogP contribution in [0.4, 0.5) is 22.0 Å². The van der Waals surface area contributed by atoms with E-state index in [1.807, 2.05) is 32.5 Å². The highest BCUT2D eigenvalue weighted by Crippen LogP contribution is 2.42. The van der Waals surface area contributed by atoms with Gasteiger partial charge in [-0.2, -0.15) is 18.2 Å². The molecular weight excluding hydrogens is 497 g/mol. The molecule has 1 saturated carbocycles. The lowest BCUT2D eigenvalue weighted by atomic mass is 9.82. The number of hydrogen-bond acceptors (Lipinski definition) is 3. The highest BCUT2D eigenvalue weighted by atomic mass is 19.4. The molecule has 37 heavy (non-hydrogen) atoms. The van der Waals surface area contributed by atoms with Gasteiger partial charge in [0.05, 0.1) is 30.4 Å². The summed E-state index contributed by atoms with van der Waals surface area (Å²) in [7, 11) is 1.84. The second-order valence-corrected chi connectivity index (χ2v) is 10.9. The molecule has 1 amide bonds. The zero-order chi connectivity index (χ0) is 27.2. The summed E-state index contributed by atoms with van der Waals surface area (Å²) in [6.45, 7) is 6.97. The van der Waals surface area contributed by atoms with Crippen molar-refractivity contribution in [3.8, 4) is 5.75 Å². The van der Waals surface area contributed by atoms with E-state index >= 15 is 0 Å². The summed E-state index contributed by atoms with van der Waals surface area (Å²) in [6, 6.07) is 4.31. The summed E-state index contributed by atoms with van der Waals surface area (Å²) >= 11 is 0. The van der Waals surface area contributed by atoms with E-state index in [0.717, 1.165) is 30.7 Å². The SMILES string of the molecule is Cn1c(C(C)(C)C)c/c(=N\C(=O)c2cc(C(F)(F)F)ccc2OCC2CC(F)(F)C2)n1C[C@H]1CCCO1. The molecule has 0 radical (unpaired) electrons. The van der Waals surface area contributed by atoms with Gasteiger partial charge >= 0.3 is 6.18 Å². The predicted octanol–water partition coefficient (Wildman–Crippen LogP) is 5.49. The molecule has 1 aromatic carbocycles. The number of hydrogen-bond donors (Lipinski definition) is 0. The molecule has 1 aliphatic carbocycles. The Morgan fingerprint density at radius 3 is 2.46 bits per heavy atom. The molecule has 2 heterocycles. The van der Waals surface area contributed by atoms with Crippen molar-refractivity contribution in [2.24, 2.45) is 18.0 Å². The van der Waals surface area contributed by atoms with Crippen LogP contribution in [-0.2, 0) is 29.9 Å². The third-order valence-electron chi connectivity index (χ3n) is 6.81. The van der Waals surface area contributed by atoms with Crippen LogP contribution < -0.4 is 10.2 Å². The topological polar surface area (TPSA) is 57.8 Å². The summed E-state index contributed by atoms with van der Waals surface area (Å²) < 4.78 is 81.7. The van der Waals surface area contributed by atoms with Gasteiger partial charge in [0.15, 0.2) is 5.49 Å². The summed E-state index contributed by atoms with van der Waals surface area (Å²) in [5.74, 6) is -4.22. The maximum Gasteiger partial charge on any atom is 0.416 e. The second-order valence-electron chi connectivity index (χ2n) is 10.9. The first-order valence-corrected chi connectivity index (χ1v) is 12.3. The maximum atomic E-state index is 13.4. The number of nitrogens with zero attached hydrogens (tertiary/aromatic N) is 3. The summed E-state index contributed by atoms with van der Waals surface area (Å²) in [4.78, 5) is 17.5. The third kappa shape index (κ3) is 6.25.